The SMILES string of the molecule is Fc1ccncc1I. The maximum atomic E-state index is 12.3. The lowest BCUT2D eigenvalue weighted by Crippen LogP contribution is -1.79. The van der Waals surface area contributed by atoms with E-state index < -0.39 is 0 Å². The van der Waals surface area contributed by atoms with E-state index in [1.807, 2.05) is 22.6 Å². The first-order valence-electron chi connectivity index (χ1n) is 2.06. The standard InChI is InChI=1S/C5H3FIN/c6-4-1-2-8-3-5(4)7/h1-3H. The highest BCUT2D eigenvalue weighted by Crippen LogP contribution is 2.05. The molecule has 0 saturated carbocycles. The van der Waals surface area contributed by atoms with Crippen molar-refractivity contribution in [3.8, 4) is 0 Å². The number of hydrogen-bond donors (Lipinski definition) is 0. The Bertz CT molecular complexity index is 169. The summed E-state index contributed by atoms with van der Waals surface area (Å²) < 4.78 is 12.8. The molecule has 0 amide bonds. The molecule has 1 heterocycles. The highest BCUT2D eigenvalue weighted by atomic mass is 127. The predicted octanol–water partition coefficient (Wildman–Crippen LogP) is 1.83. The van der Waals surface area contributed by atoms with Crippen LogP contribution in [-0.2, 0) is 0 Å². The van der Waals surface area contributed by atoms with Gasteiger partial charge in [-0.2, -0.15) is 0 Å². The van der Waals surface area contributed by atoms with Gasteiger partial charge in [0.15, 0.2) is 0 Å². The van der Waals surface area contributed by atoms with Crippen LogP contribution in [0.25, 0.3) is 0 Å². The Morgan fingerprint density at radius 2 is 2.38 bits per heavy atom. The molecule has 0 atom stereocenters. The molecule has 0 unspecified atom stereocenters. The van der Waals surface area contributed by atoms with E-state index in [0.717, 1.165) is 0 Å². The van der Waals surface area contributed by atoms with Gasteiger partial charge in [0.1, 0.15) is 5.82 Å². The fourth-order valence-corrected chi connectivity index (χ4v) is 0.699. The lowest BCUT2D eigenvalue weighted by Gasteiger charge is -1.86. The average molecular weight is 223 g/mol. The number of aromatic nitrogens is 1. The molecule has 8 heavy (non-hydrogen) atoms. The van der Waals surface area contributed by atoms with Crippen molar-refractivity contribution in [1.29, 1.82) is 0 Å². The van der Waals surface area contributed by atoms with Crippen molar-refractivity contribution < 1.29 is 4.39 Å². The monoisotopic (exact) mass is 223 g/mol. The molecule has 1 aromatic rings. The van der Waals surface area contributed by atoms with Gasteiger partial charge in [-0.05, 0) is 28.7 Å². The van der Waals surface area contributed by atoms with Crippen LogP contribution >= 0.6 is 22.6 Å². The van der Waals surface area contributed by atoms with Gasteiger partial charge in [-0.15, -0.1) is 0 Å². The van der Waals surface area contributed by atoms with E-state index >= 15 is 0 Å². The average Bonchev–Trinajstić information content (AvgIpc) is 1.77. The van der Waals surface area contributed by atoms with Crippen LogP contribution in [-0.4, -0.2) is 4.98 Å². The third kappa shape index (κ3) is 1.15. The van der Waals surface area contributed by atoms with Gasteiger partial charge in [-0.3, -0.25) is 4.98 Å². The van der Waals surface area contributed by atoms with E-state index in [9.17, 15) is 4.39 Å². The number of hydrogen-bond acceptors (Lipinski definition) is 1. The predicted molar refractivity (Wildman–Crippen MR) is 36.9 cm³/mol. The summed E-state index contributed by atoms with van der Waals surface area (Å²) >= 11 is 1.89. The summed E-state index contributed by atoms with van der Waals surface area (Å²) in [4.78, 5) is 3.70. The van der Waals surface area contributed by atoms with E-state index in [0.29, 0.717) is 3.57 Å². The molecule has 1 rings (SSSR count). The van der Waals surface area contributed by atoms with E-state index in [4.69, 9.17) is 0 Å². The molecule has 0 bridgehead atoms. The van der Waals surface area contributed by atoms with Gasteiger partial charge in [-0.1, -0.05) is 0 Å². The largest absolute Gasteiger partial charge is 0.263 e. The molecule has 0 radical (unpaired) electrons. The third-order valence-electron chi connectivity index (χ3n) is 0.723. The van der Waals surface area contributed by atoms with E-state index in [1.54, 1.807) is 0 Å². The molecule has 1 aromatic heterocycles. The van der Waals surface area contributed by atoms with Crippen molar-refractivity contribution in [2.75, 3.05) is 0 Å². The maximum absolute atomic E-state index is 12.3. The normalized spacial score (nSPS) is 9.25. The molecule has 1 nitrogen and oxygen atoms in total. The summed E-state index contributed by atoms with van der Waals surface area (Å²) in [5.74, 6) is -0.208. The van der Waals surface area contributed by atoms with Gasteiger partial charge < -0.3 is 0 Å². The van der Waals surface area contributed by atoms with Crippen LogP contribution in [0, 0.1) is 9.39 Å². The molecule has 0 aromatic carbocycles. The van der Waals surface area contributed by atoms with E-state index in [-0.39, 0.29) is 5.82 Å². The summed E-state index contributed by atoms with van der Waals surface area (Å²) in [5, 5.41) is 0. The van der Waals surface area contributed by atoms with Crippen LogP contribution in [0.2, 0.25) is 0 Å². The summed E-state index contributed by atoms with van der Waals surface area (Å²) in [6.07, 6.45) is 2.91. The first kappa shape index (κ1) is 5.94. The van der Waals surface area contributed by atoms with Gasteiger partial charge >= 0.3 is 0 Å². The Kier molecular flexibility index (Phi) is 1.77. The Labute approximate surface area is 60.1 Å². The second kappa shape index (κ2) is 2.39. The molecule has 0 N–H and O–H groups in total. The minimum Gasteiger partial charge on any atom is -0.263 e. The summed E-state index contributed by atoms with van der Waals surface area (Å²) in [6.45, 7) is 0. The molecule has 0 aliphatic rings. The van der Waals surface area contributed by atoms with Gasteiger partial charge in [0.2, 0.25) is 0 Å². The molecule has 0 fully saturated rings. The van der Waals surface area contributed by atoms with Crippen molar-refractivity contribution in [3.05, 3.63) is 27.8 Å². The van der Waals surface area contributed by atoms with E-state index in [2.05, 4.69) is 4.98 Å². The Hall–Kier alpha value is -0.190. The second-order valence-corrected chi connectivity index (χ2v) is 2.45. The quantitative estimate of drug-likeness (QED) is 0.611. The van der Waals surface area contributed by atoms with Gasteiger partial charge in [0.05, 0.1) is 3.57 Å². The van der Waals surface area contributed by atoms with Crippen LogP contribution in [0.15, 0.2) is 18.5 Å². The fourth-order valence-electron chi connectivity index (χ4n) is 0.358. The summed E-state index contributed by atoms with van der Waals surface area (Å²) in [6, 6.07) is 1.34. The van der Waals surface area contributed by atoms with Gasteiger partial charge in [-0.25, -0.2) is 4.39 Å². The van der Waals surface area contributed by atoms with Crippen LogP contribution in [0.3, 0.4) is 0 Å². The zero-order valence-electron chi connectivity index (χ0n) is 3.94. The first-order chi connectivity index (χ1) is 3.80. The number of halogens is 2. The molecular formula is C5H3FIN. The van der Waals surface area contributed by atoms with E-state index in [1.165, 1.54) is 18.5 Å². The van der Waals surface area contributed by atoms with Crippen molar-refractivity contribution >= 4 is 22.6 Å². The maximum Gasteiger partial charge on any atom is 0.139 e. The lowest BCUT2D eigenvalue weighted by atomic mass is 10.5. The minimum atomic E-state index is -0.208. The second-order valence-electron chi connectivity index (χ2n) is 1.29. The van der Waals surface area contributed by atoms with Crippen molar-refractivity contribution in [1.82, 2.24) is 4.98 Å². The van der Waals surface area contributed by atoms with Gasteiger partial charge in [0.25, 0.3) is 0 Å². The summed E-state index contributed by atoms with van der Waals surface area (Å²) in [7, 11) is 0. The molecule has 3 heteroatoms. The van der Waals surface area contributed by atoms with Crippen LogP contribution in [0.1, 0.15) is 0 Å². The number of nitrogens with zero attached hydrogens (tertiary/aromatic N) is 1. The Balaban J connectivity index is 3.13. The van der Waals surface area contributed by atoms with Crippen molar-refractivity contribution in [3.63, 3.8) is 0 Å². The summed E-state index contributed by atoms with van der Waals surface area (Å²) in [5.41, 5.74) is 0. The lowest BCUT2D eigenvalue weighted by molar-refractivity contribution is 0.618. The molecule has 42 valence electrons. The van der Waals surface area contributed by atoms with Gasteiger partial charge in [0, 0.05) is 12.4 Å². The third-order valence-corrected chi connectivity index (χ3v) is 1.52. The molecule has 0 aliphatic carbocycles. The fraction of sp³-hybridized carbons (Fsp3) is 0. The minimum absolute atomic E-state index is 0.208. The van der Waals surface area contributed by atoms with Crippen molar-refractivity contribution in [2.24, 2.45) is 0 Å². The number of pyridine rings is 1. The molecule has 0 spiro atoms. The molecule has 0 saturated heterocycles. The zero-order valence-corrected chi connectivity index (χ0v) is 6.09. The zero-order chi connectivity index (χ0) is 5.98. The number of rotatable bonds is 0. The highest BCUT2D eigenvalue weighted by Gasteiger charge is 1.91. The highest BCUT2D eigenvalue weighted by molar-refractivity contribution is 14.1. The van der Waals surface area contributed by atoms with Crippen LogP contribution < -0.4 is 0 Å². The van der Waals surface area contributed by atoms with Crippen LogP contribution in [0.4, 0.5) is 4.39 Å². The Morgan fingerprint density at radius 3 is 2.75 bits per heavy atom. The Morgan fingerprint density at radius 1 is 1.62 bits per heavy atom. The molecular weight excluding hydrogens is 220 g/mol. The first-order valence-corrected chi connectivity index (χ1v) is 3.13. The van der Waals surface area contributed by atoms with Crippen LogP contribution in [0.5, 0.6) is 0 Å². The topological polar surface area (TPSA) is 12.9 Å². The van der Waals surface area contributed by atoms with Crippen molar-refractivity contribution in [2.45, 2.75) is 0 Å². The smallest absolute Gasteiger partial charge is 0.139 e. The molecule has 0 aliphatic heterocycles.